The smallest absolute Gasteiger partial charge is 0.260 e. The molecule has 0 radical (unpaired) electrons. The second-order valence-electron chi connectivity index (χ2n) is 6.58. The number of amides is 1. The van der Waals surface area contributed by atoms with Gasteiger partial charge in [-0.25, -0.2) is 0 Å². The number of piperazine rings is 1. The topological polar surface area (TPSA) is 51.2 Å². The maximum atomic E-state index is 12.4. The normalized spacial score (nSPS) is 14.6. The van der Waals surface area contributed by atoms with Crippen molar-refractivity contribution in [1.29, 1.82) is 0 Å². The maximum Gasteiger partial charge on any atom is 0.260 e. The molecule has 28 heavy (non-hydrogen) atoms. The van der Waals surface area contributed by atoms with E-state index in [1.807, 2.05) is 23.1 Å². The first-order valence-corrected chi connectivity index (χ1v) is 9.56. The standard InChI is InChI=1S/C21H25ClN2O4/c1-26-19-7-8-20(27-2)16(13-19)14-23-9-11-24(12-10-23)21(25)15-28-18-5-3-17(22)4-6-18/h3-8,13H,9-12,14-15H2,1-2H3. The van der Waals surface area contributed by atoms with Gasteiger partial charge in [0.15, 0.2) is 6.61 Å². The van der Waals surface area contributed by atoms with E-state index in [1.165, 1.54) is 0 Å². The molecule has 0 bridgehead atoms. The summed E-state index contributed by atoms with van der Waals surface area (Å²) in [4.78, 5) is 16.6. The van der Waals surface area contributed by atoms with E-state index in [0.717, 1.165) is 36.7 Å². The van der Waals surface area contributed by atoms with Crippen LogP contribution in [0.4, 0.5) is 0 Å². The highest BCUT2D eigenvalue weighted by molar-refractivity contribution is 6.30. The first kappa shape index (κ1) is 20.3. The molecule has 1 aliphatic rings. The van der Waals surface area contributed by atoms with Gasteiger partial charge in [-0.1, -0.05) is 11.6 Å². The monoisotopic (exact) mass is 404 g/mol. The summed E-state index contributed by atoms with van der Waals surface area (Å²) < 4.78 is 16.3. The molecule has 150 valence electrons. The number of nitrogens with zero attached hydrogens (tertiary/aromatic N) is 2. The molecule has 0 atom stereocenters. The van der Waals surface area contributed by atoms with Gasteiger partial charge in [-0.15, -0.1) is 0 Å². The fourth-order valence-electron chi connectivity index (χ4n) is 3.17. The number of rotatable bonds is 7. The van der Waals surface area contributed by atoms with Gasteiger partial charge < -0.3 is 19.1 Å². The Hall–Kier alpha value is -2.44. The summed E-state index contributed by atoms with van der Waals surface area (Å²) >= 11 is 5.85. The molecule has 2 aromatic carbocycles. The minimum atomic E-state index is -0.00596. The number of hydrogen-bond acceptors (Lipinski definition) is 5. The molecule has 1 fully saturated rings. The summed E-state index contributed by atoms with van der Waals surface area (Å²) in [5, 5.41) is 0.641. The van der Waals surface area contributed by atoms with Crippen LogP contribution >= 0.6 is 11.6 Å². The predicted octanol–water partition coefficient (Wildman–Crippen LogP) is 3.08. The number of carbonyl (C=O) groups is 1. The summed E-state index contributed by atoms with van der Waals surface area (Å²) in [7, 11) is 3.32. The lowest BCUT2D eigenvalue weighted by Gasteiger charge is -2.35. The van der Waals surface area contributed by atoms with Crippen LogP contribution in [0.25, 0.3) is 0 Å². The second-order valence-corrected chi connectivity index (χ2v) is 7.01. The van der Waals surface area contributed by atoms with Gasteiger partial charge in [-0.2, -0.15) is 0 Å². The Kier molecular flexibility index (Phi) is 7.01. The zero-order valence-corrected chi connectivity index (χ0v) is 16.9. The number of halogens is 1. The molecule has 1 heterocycles. The molecule has 1 amide bonds. The van der Waals surface area contributed by atoms with Gasteiger partial charge in [0.1, 0.15) is 17.2 Å². The van der Waals surface area contributed by atoms with Gasteiger partial charge in [0, 0.05) is 43.3 Å². The fraction of sp³-hybridized carbons (Fsp3) is 0.381. The molecule has 0 unspecified atom stereocenters. The minimum Gasteiger partial charge on any atom is -0.497 e. The van der Waals surface area contributed by atoms with Crippen molar-refractivity contribution in [2.45, 2.75) is 6.54 Å². The van der Waals surface area contributed by atoms with Crippen molar-refractivity contribution in [2.75, 3.05) is 47.0 Å². The third kappa shape index (κ3) is 5.30. The van der Waals surface area contributed by atoms with E-state index in [0.29, 0.717) is 23.9 Å². The lowest BCUT2D eigenvalue weighted by Crippen LogP contribution is -2.49. The first-order valence-electron chi connectivity index (χ1n) is 9.18. The van der Waals surface area contributed by atoms with Gasteiger partial charge in [0.2, 0.25) is 0 Å². The molecule has 0 spiro atoms. The van der Waals surface area contributed by atoms with Crippen LogP contribution in [-0.2, 0) is 11.3 Å². The van der Waals surface area contributed by atoms with E-state index in [1.54, 1.807) is 38.5 Å². The first-order chi connectivity index (χ1) is 13.6. The number of benzene rings is 2. The summed E-state index contributed by atoms with van der Waals surface area (Å²) in [5.41, 5.74) is 1.08. The molecule has 0 aliphatic carbocycles. The Morgan fingerprint density at radius 1 is 0.964 bits per heavy atom. The molecule has 0 saturated carbocycles. The Morgan fingerprint density at radius 3 is 2.29 bits per heavy atom. The highest BCUT2D eigenvalue weighted by Crippen LogP contribution is 2.25. The molecule has 1 aliphatic heterocycles. The van der Waals surface area contributed by atoms with Crippen LogP contribution in [0.5, 0.6) is 17.2 Å². The van der Waals surface area contributed by atoms with Gasteiger partial charge in [-0.05, 0) is 42.5 Å². The highest BCUT2D eigenvalue weighted by Gasteiger charge is 2.22. The lowest BCUT2D eigenvalue weighted by molar-refractivity contribution is -0.135. The van der Waals surface area contributed by atoms with Crippen LogP contribution in [0.15, 0.2) is 42.5 Å². The van der Waals surface area contributed by atoms with E-state index in [2.05, 4.69) is 4.90 Å². The number of methoxy groups -OCH3 is 2. The summed E-state index contributed by atoms with van der Waals surface area (Å²) in [5.74, 6) is 2.29. The van der Waals surface area contributed by atoms with Gasteiger partial charge in [0.05, 0.1) is 14.2 Å². The van der Waals surface area contributed by atoms with Crippen molar-refractivity contribution in [3.05, 3.63) is 53.1 Å². The van der Waals surface area contributed by atoms with E-state index < -0.39 is 0 Å². The van der Waals surface area contributed by atoms with Crippen LogP contribution in [0.2, 0.25) is 5.02 Å². The maximum absolute atomic E-state index is 12.4. The summed E-state index contributed by atoms with van der Waals surface area (Å²) in [6.45, 7) is 3.74. The Labute approximate surface area is 170 Å². The molecule has 1 saturated heterocycles. The van der Waals surface area contributed by atoms with Crippen molar-refractivity contribution < 1.29 is 19.0 Å². The molecule has 2 aromatic rings. The van der Waals surface area contributed by atoms with Gasteiger partial charge in [0.25, 0.3) is 5.91 Å². The van der Waals surface area contributed by atoms with Crippen molar-refractivity contribution in [1.82, 2.24) is 9.80 Å². The summed E-state index contributed by atoms with van der Waals surface area (Å²) in [6, 6.07) is 12.8. The largest absolute Gasteiger partial charge is 0.497 e. The molecule has 3 rings (SSSR count). The summed E-state index contributed by atoms with van der Waals surface area (Å²) in [6.07, 6.45) is 0. The number of hydrogen-bond donors (Lipinski definition) is 0. The Morgan fingerprint density at radius 2 is 1.64 bits per heavy atom. The zero-order valence-electron chi connectivity index (χ0n) is 16.2. The molecule has 7 heteroatoms. The van der Waals surface area contributed by atoms with Crippen LogP contribution in [0, 0.1) is 0 Å². The average molecular weight is 405 g/mol. The van der Waals surface area contributed by atoms with Gasteiger partial charge >= 0.3 is 0 Å². The average Bonchev–Trinajstić information content (AvgIpc) is 2.73. The minimum absolute atomic E-state index is 0.00596. The van der Waals surface area contributed by atoms with E-state index in [4.69, 9.17) is 25.8 Å². The van der Waals surface area contributed by atoms with Gasteiger partial charge in [-0.3, -0.25) is 9.69 Å². The molecule has 0 aromatic heterocycles. The predicted molar refractivity (Wildman–Crippen MR) is 108 cm³/mol. The highest BCUT2D eigenvalue weighted by atomic mass is 35.5. The molecular formula is C21H25ClN2O4. The molecule has 0 N–H and O–H groups in total. The van der Waals surface area contributed by atoms with Crippen LogP contribution in [0.1, 0.15) is 5.56 Å². The Bertz CT molecular complexity index is 789. The third-order valence-corrected chi connectivity index (χ3v) is 5.03. The lowest BCUT2D eigenvalue weighted by atomic mass is 10.1. The number of ether oxygens (including phenoxy) is 3. The zero-order chi connectivity index (χ0) is 19.9. The van der Waals surface area contributed by atoms with Crippen LogP contribution in [0.3, 0.4) is 0 Å². The molecular weight excluding hydrogens is 380 g/mol. The Balaban J connectivity index is 1.49. The number of carbonyl (C=O) groups excluding carboxylic acids is 1. The van der Waals surface area contributed by atoms with Crippen molar-refractivity contribution in [2.24, 2.45) is 0 Å². The fourth-order valence-corrected chi connectivity index (χ4v) is 3.29. The van der Waals surface area contributed by atoms with E-state index in [-0.39, 0.29) is 12.5 Å². The second kappa shape index (κ2) is 9.66. The third-order valence-electron chi connectivity index (χ3n) is 4.78. The van der Waals surface area contributed by atoms with E-state index >= 15 is 0 Å². The van der Waals surface area contributed by atoms with Crippen molar-refractivity contribution >= 4 is 17.5 Å². The SMILES string of the molecule is COc1ccc(OC)c(CN2CCN(C(=O)COc3ccc(Cl)cc3)CC2)c1. The van der Waals surface area contributed by atoms with Crippen LogP contribution in [-0.4, -0.2) is 62.7 Å². The van der Waals surface area contributed by atoms with Crippen molar-refractivity contribution in [3.8, 4) is 17.2 Å². The van der Waals surface area contributed by atoms with Crippen LogP contribution < -0.4 is 14.2 Å². The van der Waals surface area contributed by atoms with Crippen molar-refractivity contribution in [3.63, 3.8) is 0 Å². The molecule has 6 nitrogen and oxygen atoms in total. The van der Waals surface area contributed by atoms with E-state index in [9.17, 15) is 4.79 Å². The quantitative estimate of drug-likeness (QED) is 0.709.